The molecule has 1 aliphatic rings. The summed E-state index contributed by atoms with van der Waals surface area (Å²) in [7, 11) is 0. The molecule has 1 unspecified atom stereocenters. The second-order valence-electron chi connectivity index (χ2n) is 3.92. The van der Waals surface area contributed by atoms with Crippen molar-refractivity contribution < 1.29 is 4.48 Å². The molecule has 0 aromatic carbocycles. The Kier molecular flexibility index (Phi) is 2.94. The number of hydrogen-bond acceptors (Lipinski definition) is 0. The third-order valence-corrected chi connectivity index (χ3v) is 3.67. The fourth-order valence-corrected chi connectivity index (χ4v) is 2.52. The van der Waals surface area contributed by atoms with Crippen LogP contribution in [0.1, 0.15) is 40.0 Å². The van der Waals surface area contributed by atoms with Crippen LogP contribution in [0, 0.1) is 0 Å². The van der Waals surface area contributed by atoms with Crippen molar-refractivity contribution in [3.05, 3.63) is 0 Å². The summed E-state index contributed by atoms with van der Waals surface area (Å²) in [5, 5.41) is 0. The molecule has 0 amide bonds. The molecule has 1 heteroatoms. The minimum absolute atomic E-state index is 0.916. The van der Waals surface area contributed by atoms with E-state index < -0.39 is 0 Å². The lowest BCUT2D eigenvalue weighted by Crippen LogP contribution is -2.56. The minimum atomic E-state index is 0.916. The van der Waals surface area contributed by atoms with Crippen molar-refractivity contribution in [2.45, 2.75) is 46.1 Å². The first-order valence-corrected chi connectivity index (χ1v) is 5.11. The molecule has 1 atom stereocenters. The first-order chi connectivity index (χ1) is 5.25. The summed E-state index contributed by atoms with van der Waals surface area (Å²) in [5.41, 5.74) is 0. The van der Waals surface area contributed by atoms with Gasteiger partial charge in [0.2, 0.25) is 0 Å². The van der Waals surface area contributed by atoms with Crippen LogP contribution in [0.4, 0.5) is 0 Å². The van der Waals surface area contributed by atoms with Gasteiger partial charge in [-0.15, -0.1) is 0 Å². The van der Waals surface area contributed by atoms with Crippen molar-refractivity contribution in [2.75, 3.05) is 19.6 Å². The summed E-state index contributed by atoms with van der Waals surface area (Å²) in [6.45, 7) is 11.2. The minimum Gasteiger partial charge on any atom is -0.322 e. The average Bonchev–Trinajstić information content (AvgIpc) is 2.06. The van der Waals surface area contributed by atoms with Crippen LogP contribution in [0.25, 0.3) is 0 Å². The number of hydrogen-bond donors (Lipinski definition) is 0. The Morgan fingerprint density at radius 2 is 1.82 bits per heavy atom. The average molecular weight is 156 g/mol. The van der Waals surface area contributed by atoms with Gasteiger partial charge in [-0.05, 0) is 40.0 Å². The first kappa shape index (κ1) is 9.05. The van der Waals surface area contributed by atoms with Crippen molar-refractivity contribution in [1.29, 1.82) is 0 Å². The third-order valence-electron chi connectivity index (χ3n) is 3.67. The summed E-state index contributed by atoms with van der Waals surface area (Å²) >= 11 is 0. The van der Waals surface area contributed by atoms with E-state index in [9.17, 15) is 0 Å². The van der Waals surface area contributed by atoms with Crippen LogP contribution < -0.4 is 0 Å². The molecule has 0 spiro atoms. The van der Waals surface area contributed by atoms with E-state index in [1.165, 1.54) is 43.4 Å². The van der Waals surface area contributed by atoms with Gasteiger partial charge in [0.25, 0.3) is 0 Å². The fourth-order valence-electron chi connectivity index (χ4n) is 2.52. The number of quaternary nitrogens is 1. The molecule has 0 bridgehead atoms. The fraction of sp³-hybridized carbons (Fsp3) is 1.00. The van der Waals surface area contributed by atoms with Gasteiger partial charge in [0, 0.05) is 0 Å². The summed E-state index contributed by atoms with van der Waals surface area (Å²) < 4.78 is 1.38. The molecule has 1 saturated heterocycles. The molecule has 1 aliphatic heterocycles. The monoisotopic (exact) mass is 156 g/mol. The summed E-state index contributed by atoms with van der Waals surface area (Å²) in [4.78, 5) is 0. The van der Waals surface area contributed by atoms with Crippen molar-refractivity contribution in [3.63, 3.8) is 0 Å². The topological polar surface area (TPSA) is 0 Å². The highest BCUT2D eigenvalue weighted by atomic mass is 15.4. The van der Waals surface area contributed by atoms with Crippen LogP contribution in [0.15, 0.2) is 0 Å². The molecule has 0 saturated carbocycles. The maximum atomic E-state index is 2.42. The van der Waals surface area contributed by atoms with Gasteiger partial charge >= 0.3 is 0 Å². The maximum Gasteiger partial charge on any atom is 0.0861 e. The quantitative estimate of drug-likeness (QED) is 0.539. The number of piperidine rings is 1. The van der Waals surface area contributed by atoms with Crippen molar-refractivity contribution in [3.8, 4) is 0 Å². The Hall–Kier alpha value is -0.0400. The predicted molar refractivity (Wildman–Crippen MR) is 49.5 cm³/mol. The second-order valence-corrected chi connectivity index (χ2v) is 3.92. The Morgan fingerprint density at radius 1 is 1.18 bits per heavy atom. The lowest BCUT2D eigenvalue weighted by molar-refractivity contribution is -0.951. The van der Waals surface area contributed by atoms with E-state index in [-0.39, 0.29) is 0 Å². The van der Waals surface area contributed by atoms with Crippen LogP contribution >= 0.6 is 0 Å². The van der Waals surface area contributed by atoms with Crippen LogP contribution in [0.5, 0.6) is 0 Å². The second kappa shape index (κ2) is 3.57. The summed E-state index contributed by atoms with van der Waals surface area (Å²) in [6.07, 6.45) is 4.36. The van der Waals surface area contributed by atoms with E-state index in [0.29, 0.717) is 0 Å². The third kappa shape index (κ3) is 1.58. The smallest absolute Gasteiger partial charge is 0.0861 e. The van der Waals surface area contributed by atoms with Gasteiger partial charge in [0.05, 0.1) is 25.7 Å². The number of nitrogens with zero attached hydrogens (tertiary/aromatic N) is 1. The molecule has 0 N–H and O–H groups in total. The van der Waals surface area contributed by atoms with Gasteiger partial charge in [-0.2, -0.15) is 0 Å². The number of rotatable bonds is 2. The maximum absolute atomic E-state index is 2.42. The van der Waals surface area contributed by atoms with Gasteiger partial charge < -0.3 is 4.48 Å². The van der Waals surface area contributed by atoms with Crippen molar-refractivity contribution in [1.82, 2.24) is 0 Å². The molecule has 0 aromatic rings. The van der Waals surface area contributed by atoms with E-state index >= 15 is 0 Å². The molecular formula is C10H22N+. The normalized spacial score (nSPS) is 30.3. The van der Waals surface area contributed by atoms with Crippen LogP contribution in [-0.2, 0) is 0 Å². The molecule has 1 fully saturated rings. The molecule has 1 heterocycles. The van der Waals surface area contributed by atoms with Gasteiger partial charge in [-0.1, -0.05) is 0 Å². The van der Waals surface area contributed by atoms with E-state index in [4.69, 9.17) is 0 Å². The molecular weight excluding hydrogens is 134 g/mol. The van der Waals surface area contributed by atoms with Gasteiger partial charge in [-0.3, -0.25) is 0 Å². The molecule has 0 aliphatic carbocycles. The largest absolute Gasteiger partial charge is 0.322 e. The number of likely N-dealkylation sites (tertiary alicyclic amines) is 1. The highest BCUT2D eigenvalue weighted by molar-refractivity contribution is 4.60. The Labute approximate surface area is 71.0 Å². The molecule has 0 radical (unpaired) electrons. The van der Waals surface area contributed by atoms with Gasteiger partial charge in [0.15, 0.2) is 0 Å². The molecule has 66 valence electrons. The van der Waals surface area contributed by atoms with Gasteiger partial charge in [0.1, 0.15) is 0 Å². The SMILES string of the molecule is CC[N+]1(CC)CCCCC1C. The highest BCUT2D eigenvalue weighted by Crippen LogP contribution is 2.24. The molecule has 1 nitrogen and oxygen atoms in total. The standard InChI is InChI=1S/C10H22N/c1-4-11(5-2)9-7-6-8-10(11)3/h10H,4-9H2,1-3H3/q+1. The molecule has 1 rings (SSSR count). The van der Waals surface area contributed by atoms with Crippen molar-refractivity contribution in [2.24, 2.45) is 0 Å². The van der Waals surface area contributed by atoms with Crippen molar-refractivity contribution >= 4 is 0 Å². The van der Waals surface area contributed by atoms with Crippen LogP contribution in [0.2, 0.25) is 0 Å². The lowest BCUT2D eigenvalue weighted by Gasteiger charge is -2.45. The van der Waals surface area contributed by atoms with Crippen LogP contribution in [0.3, 0.4) is 0 Å². The molecule has 11 heavy (non-hydrogen) atoms. The zero-order chi connectivity index (χ0) is 8.32. The van der Waals surface area contributed by atoms with E-state index in [0.717, 1.165) is 6.04 Å². The Balaban J connectivity index is 2.61. The zero-order valence-corrected chi connectivity index (χ0v) is 8.27. The van der Waals surface area contributed by atoms with Crippen LogP contribution in [-0.4, -0.2) is 30.2 Å². The first-order valence-electron chi connectivity index (χ1n) is 5.11. The lowest BCUT2D eigenvalue weighted by atomic mass is 10.00. The van der Waals surface area contributed by atoms with E-state index in [2.05, 4.69) is 20.8 Å². The summed E-state index contributed by atoms with van der Waals surface area (Å²) in [6, 6.07) is 0.916. The Bertz CT molecular complexity index is 116. The highest BCUT2D eigenvalue weighted by Gasteiger charge is 2.32. The van der Waals surface area contributed by atoms with Gasteiger partial charge in [-0.25, -0.2) is 0 Å². The zero-order valence-electron chi connectivity index (χ0n) is 8.27. The van der Waals surface area contributed by atoms with E-state index in [1.54, 1.807) is 0 Å². The molecule has 0 aromatic heterocycles. The van der Waals surface area contributed by atoms with E-state index in [1.807, 2.05) is 0 Å². The summed E-state index contributed by atoms with van der Waals surface area (Å²) in [5.74, 6) is 0. The predicted octanol–water partition coefficient (Wildman–Crippen LogP) is 2.42. The Morgan fingerprint density at radius 3 is 2.18 bits per heavy atom.